The molecule has 9 heteroatoms. The number of anilines is 2. The first kappa shape index (κ1) is 19.9. The highest BCUT2D eigenvalue weighted by Gasteiger charge is 2.18. The Labute approximate surface area is 172 Å². The van der Waals surface area contributed by atoms with Gasteiger partial charge < -0.3 is 20.4 Å². The zero-order valence-electron chi connectivity index (χ0n) is 16.2. The second-order valence-electron chi connectivity index (χ2n) is 6.42. The standard InChI is InChI=1S/C20H23N7O2.3H2/c1-13(14-6-4-3-5-7-14)24-20(28)26-17-10-15(21)18(19(22)29-2)16(25-17)11-27-9-8-23-12-27;;;/h3-10,12-13,22H,11H2,1-2H3,(H4,21,24,25,26,28);3*1H/t13-;;;/m1.../s1. The molecule has 1 atom stereocenters. The molecule has 0 saturated carbocycles. The number of rotatable bonds is 6. The van der Waals surface area contributed by atoms with Gasteiger partial charge in [-0.25, -0.2) is 14.8 Å². The molecule has 0 aliphatic heterocycles. The number of methoxy groups -OCH3 is 1. The van der Waals surface area contributed by atoms with Crippen LogP contribution in [0.1, 0.15) is 34.1 Å². The summed E-state index contributed by atoms with van der Waals surface area (Å²) in [5.41, 5.74) is 8.28. The van der Waals surface area contributed by atoms with E-state index in [0.29, 0.717) is 17.8 Å². The molecule has 0 unspecified atom stereocenters. The molecule has 156 valence electrons. The molecule has 0 fully saturated rings. The lowest BCUT2D eigenvalue weighted by Crippen LogP contribution is -2.31. The van der Waals surface area contributed by atoms with Crippen molar-refractivity contribution in [3.63, 3.8) is 0 Å². The fourth-order valence-electron chi connectivity index (χ4n) is 2.89. The molecule has 2 aromatic heterocycles. The van der Waals surface area contributed by atoms with E-state index in [1.165, 1.54) is 13.2 Å². The van der Waals surface area contributed by atoms with Crippen molar-refractivity contribution in [2.75, 3.05) is 18.2 Å². The van der Waals surface area contributed by atoms with Crippen molar-refractivity contribution in [2.24, 2.45) is 0 Å². The van der Waals surface area contributed by atoms with Crippen molar-refractivity contribution in [1.29, 1.82) is 5.41 Å². The van der Waals surface area contributed by atoms with Crippen molar-refractivity contribution < 1.29 is 13.8 Å². The van der Waals surface area contributed by atoms with Gasteiger partial charge >= 0.3 is 6.03 Å². The number of carbonyl (C=O) groups excluding carboxylic acids is 1. The van der Waals surface area contributed by atoms with Crippen LogP contribution in [-0.2, 0) is 11.3 Å². The Morgan fingerprint density at radius 3 is 2.79 bits per heavy atom. The van der Waals surface area contributed by atoms with Gasteiger partial charge in [-0.1, -0.05) is 30.3 Å². The fourth-order valence-corrected chi connectivity index (χ4v) is 2.89. The molecular formula is C20H29N7O2. The molecule has 0 spiro atoms. The molecule has 0 aliphatic carbocycles. The Balaban J connectivity index is 0.00000320. The lowest BCUT2D eigenvalue weighted by Gasteiger charge is -2.17. The van der Waals surface area contributed by atoms with E-state index in [9.17, 15) is 4.79 Å². The third-order valence-corrected chi connectivity index (χ3v) is 4.34. The first-order valence-electron chi connectivity index (χ1n) is 8.98. The zero-order valence-corrected chi connectivity index (χ0v) is 16.2. The van der Waals surface area contributed by atoms with E-state index >= 15 is 0 Å². The summed E-state index contributed by atoms with van der Waals surface area (Å²) < 4.78 is 6.83. The van der Waals surface area contributed by atoms with E-state index in [-0.39, 0.29) is 27.7 Å². The summed E-state index contributed by atoms with van der Waals surface area (Å²) in [6, 6.07) is 10.6. The average Bonchev–Trinajstić information content (AvgIpc) is 3.21. The number of aromatic nitrogens is 3. The van der Waals surface area contributed by atoms with E-state index in [1.54, 1.807) is 23.3 Å². The Kier molecular flexibility index (Phi) is 6.08. The van der Waals surface area contributed by atoms with E-state index in [1.807, 2.05) is 37.3 Å². The molecule has 2 amide bonds. The van der Waals surface area contributed by atoms with Crippen LogP contribution < -0.4 is 16.4 Å². The van der Waals surface area contributed by atoms with Crippen molar-refractivity contribution in [2.45, 2.75) is 19.5 Å². The van der Waals surface area contributed by atoms with Crippen LogP contribution in [0.3, 0.4) is 0 Å². The first-order chi connectivity index (χ1) is 14.0. The van der Waals surface area contributed by atoms with E-state index in [4.69, 9.17) is 15.9 Å². The summed E-state index contributed by atoms with van der Waals surface area (Å²) in [5, 5.41) is 13.6. The summed E-state index contributed by atoms with van der Waals surface area (Å²) in [7, 11) is 1.40. The summed E-state index contributed by atoms with van der Waals surface area (Å²) in [4.78, 5) is 20.9. The van der Waals surface area contributed by atoms with Crippen LogP contribution in [0.15, 0.2) is 55.1 Å². The van der Waals surface area contributed by atoms with Crippen molar-refractivity contribution in [3.8, 4) is 0 Å². The number of benzene rings is 1. The molecule has 1 aromatic carbocycles. The van der Waals surface area contributed by atoms with Gasteiger partial charge in [-0.15, -0.1) is 0 Å². The molecule has 0 bridgehead atoms. The van der Waals surface area contributed by atoms with Gasteiger partial charge in [0.25, 0.3) is 0 Å². The number of hydrogen-bond acceptors (Lipinski definition) is 6. The number of nitrogens with one attached hydrogen (secondary N) is 3. The van der Waals surface area contributed by atoms with Crippen molar-refractivity contribution in [3.05, 3.63) is 71.9 Å². The summed E-state index contributed by atoms with van der Waals surface area (Å²) >= 11 is 0. The number of carbonyl (C=O) groups is 1. The number of hydrogen-bond donors (Lipinski definition) is 4. The molecule has 2 heterocycles. The van der Waals surface area contributed by atoms with Gasteiger partial charge in [-0.2, -0.15) is 0 Å². The Bertz CT molecular complexity index is 1000. The highest BCUT2D eigenvalue weighted by atomic mass is 16.5. The molecule has 3 aromatic rings. The fraction of sp³-hybridized carbons (Fsp3) is 0.200. The van der Waals surface area contributed by atoms with E-state index in [0.717, 1.165) is 5.56 Å². The molecule has 9 nitrogen and oxygen atoms in total. The van der Waals surface area contributed by atoms with E-state index in [2.05, 4.69) is 20.6 Å². The normalized spacial score (nSPS) is 11.5. The predicted octanol–water partition coefficient (Wildman–Crippen LogP) is 3.50. The van der Waals surface area contributed by atoms with Crippen LogP contribution in [0.4, 0.5) is 16.3 Å². The molecule has 5 N–H and O–H groups in total. The number of pyridine rings is 1. The predicted molar refractivity (Wildman–Crippen MR) is 117 cm³/mol. The zero-order chi connectivity index (χ0) is 20.8. The van der Waals surface area contributed by atoms with Crippen LogP contribution in [-0.4, -0.2) is 33.6 Å². The molecule has 0 saturated heterocycles. The van der Waals surface area contributed by atoms with Crippen LogP contribution in [0.5, 0.6) is 0 Å². The molecule has 3 rings (SSSR count). The number of urea groups is 1. The first-order valence-corrected chi connectivity index (χ1v) is 8.98. The van der Waals surface area contributed by atoms with Gasteiger partial charge in [0.15, 0.2) is 0 Å². The Morgan fingerprint density at radius 2 is 2.14 bits per heavy atom. The maximum absolute atomic E-state index is 12.4. The van der Waals surface area contributed by atoms with Gasteiger partial charge in [0.1, 0.15) is 5.82 Å². The summed E-state index contributed by atoms with van der Waals surface area (Å²) in [5.74, 6) is 0.182. The molecule has 0 aliphatic rings. The van der Waals surface area contributed by atoms with Crippen molar-refractivity contribution in [1.82, 2.24) is 19.9 Å². The van der Waals surface area contributed by atoms with Crippen LogP contribution >= 0.6 is 0 Å². The second kappa shape index (κ2) is 8.87. The van der Waals surface area contributed by atoms with Crippen LogP contribution in [0, 0.1) is 5.41 Å². The number of nitrogens with two attached hydrogens (primary N) is 1. The van der Waals surface area contributed by atoms with Gasteiger partial charge in [-0.3, -0.25) is 10.7 Å². The van der Waals surface area contributed by atoms with Gasteiger partial charge in [0.05, 0.1) is 37.3 Å². The SMILES string of the molecule is COC(=N)c1c(N)cc(NC(=O)N[C@H](C)c2ccccc2)nc1Cn1ccnc1.[HH].[HH].[HH]. The van der Waals surface area contributed by atoms with Crippen LogP contribution in [0.2, 0.25) is 0 Å². The van der Waals surface area contributed by atoms with E-state index < -0.39 is 6.03 Å². The maximum Gasteiger partial charge on any atom is 0.320 e. The third kappa shape index (κ3) is 4.89. The summed E-state index contributed by atoms with van der Waals surface area (Å²) in [6.07, 6.45) is 5.05. The Hall–Kier alpha value is -3.88. The van der Waals surface area contributed by atoms with Crippen LogP contribution in [0.25, 0.3) is 0 Å². The topological polar surface area (TPSA) is 131 Å². The quantitative estimate of drug-likeness (QED) is 0.372. The summed E-state index contributed by atoms with van der Waals surface area (Å²) in [6.45, 7) is 2.22. The average molecular weight is 399 g/mol. The monoisotopic (exact) mass is 399 g/mol. The smallest absolute Gasteiger partial charge is 0.320 e. The third-order valence-electron chi connectivity index (χ3n) is 4.34. The lowest BCUT2D eigenvalue weighted by atomic mass is 10.1. The lowest BCUT2D eigenvalue weighted by molar-refractivity contribution is 0.249. The molecule has 0 radical (unpaired) electrons. The number of imidazole rings is 1. The largest absolute Gasteiger partial charge is 0.481 e. The minimum atomic E-state index is -0.406. The number of ether oxygens (including phenoxy) is 1. The maximum atomic E-state index is 12.4. The minimum absolute atomic E-state index is 0. The molecular weight excluding hydrogens is 370 g/mol. The van der Waals surface area contributed by atoms with Gasteiger partial charge in [0.2, 0.25) is 5.90 Å². The second-order valence-corrected chi connectivity index (χ2v) is 6.42. The molecule has 29 heavy (non-hydrogen) atoms. The number of nitrogens with zero attached hydrogens (tertiary/aromatic N) is 3. The minimum Gasteiger partial charge on any atom is -0.481 e. The van der Waals surface area contributed by atoms with Crippen molar-refractivity contribution >= 4 is 23.4 Å². The number of nitrogen functional groups attached to an aromatic ring is 1. The highest BCUT2D eigenvalue weighted by Crippen LogP contribution is 2.22. The number of amides is 2. The Morgan fingerprint density at radius 1 is 1.38 bits per heavy atom. The van der Waals surface area contributed by atoms with Gasteiger partial charge in [0, 0.05) is 28.4 Å². The van der Waals surface area contributed by atoms with Gasteiger partial charge in [-0.05, 0) is 12.5 Å². The highest BCUT2D eigenvalue weighted by molar-refractivity contribution is 5.99.